The predicted octanol–water partition coefficient (Wildman–Crippen LogP) is 0.215. The third kappa shape index (κ3) is 3.27. The van der Waals surface area contributed by atoms with E-state index in [-0.39, 0.29) is 12.5 Å². The van der Waals surface area contributed by atoms with Crippen LogP contribution in [0.2, 0.25) is 0 Å². The maximum absolute atomic E-state index is 11.5. The summed E-state index contributed by atoms with van der Waals surface area (Å²) in [6.07, 6.45) is 3.51. The van der Waals surface area contributed by atoms with Gasteiger partial charge < -0.3 is 16.1 Å². The Bertz CT molecular complexity index is 422. The van der Waals surface area contributed by atoms with Gasteiger partial charge in [0.15, 0.2) is 5.82 Å². The highest BCUT2D eigenvalue weighted by Gasteiger charge is 2.23. The van der Waals surface area contributed by atoms with Crippen molar-refractivity contribution >= 4 is 33.5 Å². The zero-order chi connectivity index (χ0) is 12.3. The molecule has 1 aliphatic rings. The number of hydrogen-bond donors (Lipinski definition) is 4. The Labute approximate surface area is 107 Å². The second-order valence-corrected chi connectivity index (χ2v) is 4.52. The molecule has 1 fully saturated rings. The number of hydrogen-bond acceptors (Lipinski definition) is 6. The van der Waals surface area contributed by atoms with Gasteiger partial charge in [-0.15, -0.1) is 0 Å². The molecule has 0 radical (unpaired) electrons. The van der Waals surface area contributed by atoms with Crippen molar-refractivity contribution in [1.29, 1.82) is 0 Å². The van der Waals surface area contributed by atoms with Crippen molar-refractivity contribution in [3.8, 4) is 0 Å². The van der Waals surface area contributed by atoms with Gasteiger partial charge in [-0.05, 0) is 28.8 Å². The van der Waals surface area contributed by atoms with Gasteiger partial charge in [-0.1, -0.05) is 0 Å². The minimum atomic E-state index is -0.0414. The normalized spacial score (nSPS) is 14.2. The molecule has 0 saturated heterocycles. The van der Waals surface area contributed by atoms with Gasteiger partial charge in [-0.25, -0.2) is 15.8 Å². The topological polar surface area (TPSA) is 105 Å². The number of amides is 1. The fourth-order valence-electron chi connectivity index (χ4n) is 1.26. The smallest absolute Gasteiger partial charge is 0.239 e. The molecule has 1 heterocycles. The predicted molar refractivity (Wildman–Crippen MR) is 67.2 cm³/mol. The van der Waals surface area contributed by atoms with E-state index in [0.29, 0.717) is 22.2 Å². The van der Waals surface area contributed by atoms with Crippen molar-refractivity contribution in [3.05, 3.63) is 10.8 Å². The number of aromatic nitrogens is 2. The fourth-order valence-corrected chi connectivity index (χ4v) is 1.72. The highest BCUT2D eigenvalue weighted by Crippen LogP contribution is 2.25. The van der Waals surface area contributed by atoms with Crippen LogP contribution in [0, 0.1) is 0 Å². The molecule has 0 unspecified atom stereocenters. The lowest BCUT2D eigenvalue weighted by Crippen LogP contribution is -2.31. The lowest BCUT2D eigenvalue weighted by Gasteiger charge is -2.09. The summed E-state index contributed by atoms with van der Waals surface area (Å²) < 4.78 is 0.599. The molecule has 0 spiro atoms. The Balaban J connectivity index is 1.91. The Hall–Kier alpha value is -1.41. The summed E-state index contributed by atoms with van der Waals surface area (Å²) in [5.74, 6) is 6.22. The molecule has 0 bridgehead atoms. The van der Waals surface area contributed by atoms with Gasteiger partial charge in [0.05, 0.1) is 6.54 Å². The Morgan fingerprint density at radius 1 is 1.47 bits per heavy atom. The van der Waals surface area contributed by atoms with E-state index in [1.807, 2.05) is 0 Å². The van der Waals surface area contributed by atoms with Crippen LogP contribution in [0.25, 0.3) is 0 Å². The van der Waals surface area contributed by atoms with Crippen molar-refractivity contribution in [1.82, 2.24) is 15.3 Å². The van der Waals surface area contributed by atoms with Gasteiger partial charge in [-0.3, -0.25) is 4.79 Å². The van der Waals surface area contributed by atoms with Crippen LogP contribution >= 0.6 is 15.9 Å². The van der Waals surface area contributed by atoms with E-state index in [2.05, 4.69) is 42.0 Å². The van der Waals surface area contributed by atoms with E-state index >= 15 is 0 Å². The van der Waals surface area contributed by atoms with Crippen LogP contribution in [0.5, 0.6) is 0 Å². The fraction of sp³-hybridized carbons (Fsp3) is 0.444. The van der Waals surface area contributed by atoms with E-state index in [1.165, 1.54) is 6.33 Å². The molecule has 0 aromatic carbocycles. The summed E-state index contributed by atoms with van der Waals surface area (Å²) in [5, 5.41) is 5.79. The Morgan fingerprint density at radius 3 is 2.82 bits per heavy atom. The molecule has 2 rings (SSSR count). The first-order valence-electron chi connectivity index (χ1n) is 5.21. The first kappa shape index (κ1) is 12.1. The number of halogens is 1. The number of hydrazine groups is 1. The molecule has 17 heavy (non-hydrogen) atoms. The molecular formula is C9H13BrN6O. The number of carbonyl (C=O) groups excluding carboxylic acids is 1. The molecule has 1 aromatic rings. The van der Waals surface area contributed by atoms with Crippen molar-refractivity contribution in [2.24, 2.45) is 5.84 Å². The summed E-state index contributed by atoms with van der Waals surface area (Å²) in [6.45, 7) is 0.177. The van der Waals surface area contributed by atoms with Crippen LogP contribution in [-0.2, 0) is 4.79 Å². The van der Waals surface area contributed by atoms with E-state index in [1.54, 1.807) is 0 Å². The highest BCUT2D eigenvalue weighted by atomic mass is 79.9. The first-order valence-corrected chi connectivity index (χ1v) is 6.00. The molecule has 92 valence electrons. The Morgan fingerprint density at radius 2 is 2.18 bits per heavy atom. The van der Waals surface area contributed by atoms with E-state index in [9.17, 15) is 4.79 Å². The summed E-state index contributed by atoms with van der Waals surface area (Å²) in [7, 11) is 0. The SMILES string of the molecule is NNc1ncnc(NCC(=O)NC2CC2)c1Br. The number of anilines is 2. The van der Waals surface area contributed by atoms with E-state index in [0.717, 1.165) is 12.8 Å². The molecule has 1 aliphatic carbocycles. The second kappa shape index (κ2) is 5.28. The zero-order valence-electron chi connectivity index (χ0n) is 9.03. The van der Waals surface area contributed by atoms with Gasteiger partial charge in [0.25, 0.3) is 0 Å². The lowest BCUT2D eigenvalue weighted by molar-refractivity contribution is -0.119. The van der Waals surface area contributed by atoms with Crippen molar-refractivity contribution in [2.75, 3.05) is 17.3 Å². The third-order valence-corrected chi connectivity index (χ3v) is 3.04. The summed E-state index contributed by atoms with van der Waals surface area (Å²) in [4.78, 5) is 19.4. The monoisotopic (exact) mass is 300 g/mol. The van der Waals surface area contributed by atoms with Crippen LogP contribution in [0.15, 0.2) is 10.8 Å². The standard InChI is InChI=1S/C9H13BrN6O/c10-7-8(13-4-14-9(7)16-11)12-3-6(17)15-5-1-2-5/h4-5H,1-3,11H2,(H,15,17)(H2,12,13,14,16). The zero-order valence-corrected chi connectivity index (χ0v) is 10.6. The van der Waals surface area contributed by atoms with E-state index in [4.69, 9.17) is 5.84 Å². The number of carbonyl (C=O) groups is 1. The number of nitrogens with two attached hydrogens (primary N) is 1. The van der Waals surface area contributed by atoms with E-state index < -0.39 is 0 Å². The van der Waals surface area contributed by atoms with Gasteiger partial charge in [-0.2, -0.15) is 0 Å². The second-order valence-electron chi connectivity index (χ2n) is 3.72. The maximum Gasteiger partial charge on any atom is 0.239 e. The number of nitrogens with zero attached hydrogens (tertiary/aromatic N) is 2. The average molecular weight is 301 g/mol. The van der Waals surface area contributed by atoms with Crippen LogP contribution in [0.1, 0.15) is 12.8 Å². The first-order chi connectivity index (χ1) is 8.20. The highest BCUT2D eigenvalue weighted by molar-refractivity contribution is 9.10. The average Bonchev–Trinajstić information content (AvgIpc) is 3.11. The molecule has 0 atom stereocenters. The molecular weight excluding hydrogens is 288 g/mol. The molecule has 1 saturated carbocycles. The minimum Gasteiger partial charge on any atom is -0.360 e. The minimum absolute atomic E-state index is 0.0414. The van der Waals surface area contributed by atoms with Crippen molar-refractivity contribution in [2.45, 2.75) is 18.9 Å². The van der Waals surface area contributed by atoms with Gasteiger partial charge >= 0.3 is 0 Å². The van der Waals surface area contributed by atoms with Gasteiger partial charge in [0, 0.05) is 6.04 Å². The molecule has 0 aliphatic heterocycles. The lowest BCUT2D eigenvalue weighted by atomic mass is 10.5. The summed E-state index contributed by atoms with van der Waals surface area (Å²) in [6, 6.07) is 0.361. The quantitative estimate of drug-likeness (QED) is 0.458. The van der Waals surface area contributed by atoms with Crippen molar-refractivity contribution < 1.29 is 4.79 Å². The molecule has 7 nitrogen and oxygen atoms in total. The molecule has 1 amide bonds. The van der Waals surface area contributed by atoms with Crippen LogP contribution in [0.3, 0.4) is 0 Å². The summed E-state index contributed by atoms with van der Waals surface area (Å²) >= 11 is 3.29. The third-order valence-electron chi connectivity index (χ3n) is 2.29. The summed E-state index contributed by atoms with van der Waals surface area (Å²) in [5.41, 5.74) is 2.43. The Kier molecular flexibility index (Phi) is 3.75. The van der Waals surface area contributed by atoms with Gasteiger partial charge in [0.2, 0.25) is 5.91 Å². The molecule has 5 N–H and O–H groups in total. The van der Waals surface area contributed by atoms with Crippen molar-refractivity contribution in [3.63, 3.8) is 0 Å². The number of nitrogens with one attached hydrogen (secondary N) is 3. The molecule has 8 heteroatoms. The maximum atomic E-state index is 11.5. The van der Waals surface area contributed by atoms with Gasteiger partial charge in [0.1, 0.15) is 16.6 Å². The number of nitrogen functional groups attached to an aromatic ring is 1. The number of rotatable bonds is 5. The molecule has 1 aromatic heterocycles. The van der Waals surface area contributed by atoms with Crippen LogP contribution in [-0.4, -0.2) is 28.5 Å². The van der Waals surface area contributed by atoms with Crippen LogP contribution < -0.4 is 21.9 Å². The largest absolute Gasteiger partial charge is 0.360 e. The van der Waals surface area contributed by atoms with Crippen LogP contribution in [0.4, 0.5) is 11.6 Å².